The van der Waals surface area contributed by atoms with Crippen LogP contribution in [-0.2, 0) is 24.2 Å². The summed E-state index contributed by atoms with van der Waals surface area (Å²) >= 11 is 0. The summed E-state index contributed by atoms with van der Waals surface area (Å²) in [4.78, 5) is 47.2. The maximum absolute atomic E-state index is 14.0. The predicted molar refractivity (Wildman–Crippen MR) is 164 cm³/mol. The Kier molecular flexibility index (Phi) is 10.2. The number of nitrogens with zero attached hydrogens (tertiary/aromatic N) is 3. The van der Waals surface area contributed by atoms with Crippen LogP contribution in [0.25, 0.3) is 11.1 Å². The SMILES string of the molecule is CCCCc1nc(C2CC2)c(CC(=O)NC(C)CN)c(=O)n1Cc1ccc(-c2ccccc2/C(=N/C)NC(=O)O)cc1. The number of hydrogen-bond acceptors (Lipinski definition) is 6. The monoisotopic (exact) mass is 572 g/mol. The van der Waals surface area contributed by atoms with Crippen molar-refractivity contribution in [3.05, 3.63) is 87.1 Å². The van der Waals surface area contributed by atoms with E-state index in [1.54, 1.807) is 4.57 Å². The normalized spacial score (nSPS) is 14.0. The Morgan fingerprint density at radius 1 is 1.17 bits per heavy atom. The molecule has 10 nitrogen and oxygen atoms in total. The lowest BCUT2D eigenvalue weighted by molar-refractivity contribution is -0.121. The average molecular weight is 573 g/mol. The number of aryl methyl sites for hydroxylation is 1. The number of nitrogens with two attached hydrogens (primary N) is 1. The van der Waals surface area contributed by atoms with Gasteiger partial charge in [-0.1, -0.05) is 61.9 Å². The number of carbonyl (C=O) groups is 2. The second kappa shape index (κ2) is 14.0. The van der Waals surface area contributed by atoms with Gasteiger partial charge in [-0.15, -0.1) is 0 Å². The number of carboxylic acid groups (broad SMARTS) is 1. The van der Waals surface area contributed by atoms with Crippen molar-refractivity contribution in [3.63, 3.8) is 0 Å². The predicted octanol–water partition coefficient (Wildman–Crippen LogP) is 3.83. The largest absolute Gasteiger partial charge is 0.465 e. The molecule has 2 aromatic carbocycles. The molecule has 1 unspecified atom stereocenters. The third-order valence-electron chi connectivity index (χ3n) is 7.43. The van der Waals surface area contributed by atoms with Crippen molar-refractivity contribution in [2.75, 3.05) is 13.6 Å². The van der Waals surface area contributed by atoms with E-state index in [0.717, 1.165) is 53.9 Å². The minimum absolute atomic E-state index is 0.0164. The van der Waals surface area contributed by atoms with Gasteiger partial charge in [0.15, 0.2) is 0 Å². The van der Waals surface area contributed by atoms with Gasteiger partial charge in [0.2, 0.25) is 5.91 Å². The van der Waals surface area contributed by atoms with Crippen LogP contribution in [0, 0.1) is 0 Å². The molecular weight excluding hydrogens is 532 g/mol. The lowest BCUT2D eigenvalue weighted by Crippen LogP contribution is -2.40. The van der Waals surface area contributed by atoms with E-state index < -0.39 is 6.09 Å². The second-order valence-electron chi connectivity index (χ2n) is 10.8. The molecule has 3 aromatic rings. The summed E-state index contributed by atoms with van der Waals surface area (Å²) in [6.45, 7) is 4.60. The highest BCUT2D eigenvalue weighted by Crippen LogP contribution is 2.40. The fraction of sp³-hybridized carbons (Fsp3) is 0.406. The maximum Gasteiger partial charge on any atom is 0.410 e. The molecule has 1 atom stereocenters. The number of amidine groups is 1. The van der Waals surface area contributed by atoms with E-state index in [1.165, 1.54) is 7.05 Å². The standard InChI is InChI=1S/C32H40N6O4/c1-4-5-10-27-36-29(23-15-16-23)26(17-28(39)35-20(2)18-33)31(40)38(27)19-21-11-13-22(14-12-21)24-8-6-7-9-25(24)30(34-3)37-32(41)42/h6-9,11-14,20,23H,4-5,10,15-19,33H2,1-3H3,(H,34,37)(H,35,39)(H,41,42). The van der Waals surface area contributed by atoms with Crippen molar-refractivity contribution in [2.24, 2.45) is 10.7 Å². The van der Waals surface area contributed by atoms with Gasteiger partial charge < -0.3 is 16.2 Å². The van der Waals surface area contributed by atoms with Crippen LogP contribution >= 0.6 is 0 Å². The molecule has 1 aromatic heterocycles. The van der Waals surface area contributed by atoms with Crippen LogP contribution in [0.2, 0.25) is 0 Å². The van der Waals surface area contributed by atoms with E-state index in [0.29, 0.717) is 30.6 Å². The Bertz CT molecular complexity index is 1510. The topological polar surface area (TPSA) is 152 Å². The summed E-state index contributed by atoms with van der Waals surface area (Å²) < 4.78 is 1.72. The molecule has 0 radical (unpaired) electrons. The lowest BCUT2D eigenvalue weighted by Gasteiger charge is -2.18. The lowest BCUT2D eigenvalue weighted by atomic mass is 9.98. The highest BCUT2D eigenvalue weighted by molar-refractivity contribution is 6.09. The van der Waals surface area contributed by atoms with Gasteiger partial charge in [0.05, 0.1) is 18.7 Å². The van der Waals surface area contributed by atoms with Gasteiger partial charge in [-0.2, -0.15) is 0 Å². The first kappa shape index (κ1) is 30.6. The first-order valence-electron chi connectivity index (χ1n) is 14.5. The Balaban J connectivity index is 1.68. The first-order valence-corrected chi connectivity index (χ1v) is 14.5. The smallest absolute Gasteiger partial charge is 0.410 e. The summed E-state index contributed by atoms with van der Waals surface area (Å²) in [5.74, 6) is 1.01. The van der Waals surface area contributed by atoms with Gasteiger partial charge in [-0.25, -0.2) is 9.78 Å². The number of amides is 2. The Morgan fingerprint density at radius 3 is 2.50 bits per heavy atom. The molecule has 5 N–H and O–H groups in total. The van der Waals surface area contributed by atoms with Crippen LogP contribution in [0.3, 0.4) is 0 Å². The van der Waals surface area contributed by atoms with E-state index in [-0.39, 0.29) is 35.7 Å². The highest BCUT2D eigenvalue weighted by atomic mass is 16.4. The molecule has 1 saturated carbocycles. The van der Waals surface area contributed by atoms with Crippen molar-refractivity contribution in [3.8, 4) is 11.1 Å². The first-order chi connectivity index (χ1) is 20.2. The van der Waals surface area contributed by atoms with Gasteiger partial charge in [-0.05, 0) is 42.9 Å². The molecule has 1 aliphatic rings. The average Bonchev–Trinajstić information content (AvgIpc) is 3.83. The molecule has 4 rings (SSSR count). The van der Waals surface area contributed by atoms with Crippen molar-refractivity contribution in [1.82, 2.24) is 20.2 Å². The fourth-order valence-corrected chi connectivity index (χ4v) is 5.01. The number of aromatic nitrogens is 2. The summed E-state index contributed by atoms with van der Waals surface area (Å²) in [5.41, 5.74) is 10.1. The van der Waals surface area contributed by atoms with E-state index in [4.69, 9.17) is 10.7 Å². The summed E-state index contributed by atoms with van der Waals surface area (Å²) in [5, 5.41) is 14.5. The Hall–Kier alpha value is -4.31. The highest BCUT2D eigenvalue weighted by Gasteiger charge is 2.31. The number of carbonyl (C=O) groups excluding carboxylic acids is 1. The number of hydrogen-bond donors (Lipinski definition) is 4. The Labute approximate surface area is 246 Å². The van der Waals surface area contributed by atoms with Crippen molar-refractivity contribution < 1.29 is 14.7 Å². The van der Waals surface area contributed by atoms with Crippen LogP contribution in [0.5, 0.6) is 0 Å². The summed E-state index contributed by atoms with van der Waals surface area (Å²) in [6, 6.07) is 15.1. The molecule has 0 bridgehead atoms. The third kappa shape index (κ3) is 7.50. The van der Waals surface area contributed by atoms with Crippen LogP contribution in [0.4, 0.5) is 4.79 Å². The molecular formula is C32H40N6O4. The fourth-order valence-electron chi connectivity index (χ4n) is 5.01. The molecule has 0 aliphatic heterocycles. The number of rotatable bonds is 12. The molecule has 10 heteroatoms. The quantitative estimate of drug-likeness (QED) is 0.191. The molecule has 0 spiro atoms. The maximum atomic E-state index is 14.0. The minimum atomic E-state index is -1.18. The zero-order valence-electron chi connectivity index (χ0n) is 24.5. The second-order valence-corrected chi connectivity index (χ2v) is 10.8. The van der Waals surface area contributed by atoms with Crippen LogP contribution in [0.1, 0.15) is 73.7 Å². The number of unbranched alkanes of at least 4 members (excludes halogenated alkanes) is 1. The third-order valence-corrected chi connectivity index (χ3v) is 7.43. The molecule has 42 heavy (non-hydrogen) atoms. The van der Waals surface area contributed by atoms with Crippen LogP contribution < -0.4 is 21.9 Å². The molecule has 1 aliphatic carbocycles. The van der Waals surface area contributed by atoms with Crippen molar-refractivity contribution in [2.45, 2.75) is 70.9 Å². The van der Waals surface area contributed by atoms with Crippen LogP contribution in [0.15, 0.2) is 58.3 Å². The van der Waals surface area contributed by atoms with Gasteiger partial charge in [0, 0.05) is 43.1 Å². The molecule has 1 fully saturated rings. The van der Waals surface area contributed by atoms with Crippen LogP contribution in [-0.4, -0.2) is 52.1 Å². The number of benzene rings is 2. The van der Waals surface area contributed by atoms with Gasteiger partial charge in [-0.3, -0.25) is 24.5 Å². The molecule has 0 saturated heterocycles. The van der Waals surface area contributed by atoms with E-state index in [9.17, 15) is 19.5 Å². The van der Waals surface area contributed by atoms with Crippen molar-refractivity contribution >= 4 is 17.8 Å². The summed E-state index contributed by atoms with van der Waals surface area (Å²) in [6.07, 6.45) is 3.33. The van der Waals surface area contributed by atoms with E-state index in [2.05, 4.69) is 22.5 Å². The van der Waals surface area contributed by atoms with Gasteiger partial charge in [0.25, 0.3) is 5.56 Å². The van der Waals surface area contributed by atoms with E-state index in [1.807, 2.05) is 55.5 Å². The molecule has 1 heterocycles. The molecule has 2 amide bonds. The zero-order chi connectivity index (χ0) is 30.2. The summed E-state index contributed by atoms with van der Waals surface area (Å²) in [7, 11) is 1.54. The number of nitrogens with one attached hydrogen (secondary N) is 2. The zero-order valence-corrected chi connectivity index (χ0v) is 24.5. The molecule has 222 valence electrons. The minimum Gasteiger partial charge on any atom is -0.465 e. The Morgan fingerprint density at radius 2 is 1.88 bits per heavy atom. The van der Waals surface area contributed by atoms with E-state index >= 15 is 0 Å². The van der Waals surface area contributed by atoms with Crippen molar-refractivity contribution in [1.29, 1.82) is 0 Å². The van der Waals surface area contributed by atoms with Gasteiger partial charge in [0.1, 0.15) is 11.7 Å². The van der Waals surface area contributed by atoms with Gasteiger partial charge >= 0.3 is 6.09 Å². The number of aliphatic imine (C=N–C) groups is 1.